The highest BCUT2D eigenvalue weighted by Gasteiger charge is 2.04. The lowest BCUT2D eigenvalue weighted by atomic mass is 10.2. The zero-order chi connectivity index (χ0) is 30.9. The van der Waals surface area contributed by atoms with Gasteiger partial charge < -0.3 is 53.1 Å². The van der Waals surface area contributed by atoms with Crippen LogP contribution in [0.4, 0.5) is 0 Å². The van der Waals surface area contributed by atoms with Gasteiger partial charge in [0.1, 0.15) is 0 Å². The summed E-state index contributed by atoms with van der Waals surface area (Å²) < 4.78 is 49.1. The van der Waals surface area contributed by atoms with E-state index in [1.54, 1.807) is 0 Å². The molecule has 1 aromatic carbocycles. The normalized spacial score (nSPS) is 11.2. The van der Waals surface area contributed by atoms with E-state index in [4.69, 9.17) is 47.7 Å². The summed E-state index contributed by atoms with van der Waals surface area (Å²) in [5, 5.41) is 11.2. The lowest BCUT2D eigenvalue weighted by molar-refractivity contribution is -0.138. The first-order valence-electron chi connectivity index (χ1n) is 14.9. The van der Waals surface area contributed by atoms with Crippen LogP contribution in [0.1, 0.15) is 24.8 Å². The number of carbonyl (C=O) groups is 2. The number of hydrogen-bond acceptors (Lipinski definition) is 11. The third-order valence-corrected chi connectivity index (χ3v) is 5.44. The van der Waals surface area contributed by atoms with Crippen LogP contribution < -0.4 is 5.32 Å². The number of ether oxygens (including phenoxy) is 9. The van der Waals surface area contributed by atoms with Crippen molar-refractivity contribution in [2.75, 3.05) is 119 Å². The van der Waals surface area contributed by atoms with Gasteiger partial charge in [-0.2, -0.15) is 0 Å². The summed E-state index contributed by atoms with van der Waals surface area (Å²) in [4.78, 5) is 21.7. The Labute approximate surface area is 255 Å². The highest BCUT2D eigenvalue weighted by atomic mass is 16.6. The first-order chi connectivity index (χ1) is 21.2. The summed E-state index contributed by atoms with van der Waals surface area (Å²) in [5.41, 5.74) is 1.15. The Morgan fingerprint density at radius 1 is 0.512 bits per heavy atom. The second kappa shape index (κ2) is 31.2. The molecular formula is C30H51NO12. The third kappa shape index (κ3) is 29.6. The molecule has 248 valence electrons. The van der Waals surface area contributed by atoms with Gasteiger partial charge in [-0.05, 0) is 12.0 Å². The number of carbonyl (C=O) groups excluding carboxylic acids is 1. The molecule has 0 spiro atoms. The van der Waals surface area contributed by atoms with Gasteiger partial charge in [-0.1, -0.05) is 30.3 Å². The third-order valence-electron chi connectivity index (χ3n) is 5.44. The average molecular weight is 618 g/mol. The zero-order valence-electron chi connectivity index (χ0n) is 25.4. The molecule has 2 N–H and O–H groups in total. The lowest BCUT2D eigenvalue weighted by Crippen LogP contribution is -2.25. The molecule has 13 heteroatoms. The smallest absolute Gasteiger partial charge is 0.303 e. The molecule has 0 bridgehead atoms. The molecule has 0 aliphatic carbocycles. The number of nitrogens with one attached hydrogen (secondary N) is 1. The first-order valence-corrected chi connectivity index (χ1v) is 14.9. The minimum atomic E-state index is -0.981. The maximum absolute atomic E-state index is 11.3. The van der Waals surface area contributed by atoms with Gasteiger partial charge in [-0.3, -0.25) is 9.59 Å². The van der Waals surface area contributed by atoms with Gasteiger partial charge >= 0.3 is 5.97 Å². The van der Waals surface area contributed by atoms with Gasteiger partial charge in [0, 0.05) is 19.6 Å². The van der Waals surface area contributed by atoms with Gasteiger partial charge in [-0.15, -0.1) is 0 Å². The van der Waals surface area contributed by atoms with E-state index in [2.05, 4.69) is 5.32 Å². The molecule has 0 saturated heterocycles. The van der Waals surface area contributed by atoms with Gasteiger partial charge in [0.05, 0.1) is 119 Å². The number of rotatable bonds is 33. The van der Waals surface area contributed by atoms with E-state index in [1.165, 1.54) is 0 Å². The van der Waals surface area contributed by atoms with E-state index in [0.717, 1.165) is 5.56 Å². The number of benzene rings is 1. The van der Waals surface area contributed by atoms with Crippen molar-refractivity contribution in [1.82, 2.24) is 5.32 Å². The molecule has 1 amide bonds. The van der Waals surface area contributed by atoms with E-state index in [1.807, 2.05) is 30.3 Å². The fourth-order valence-corrected chi connectivity index (χ4v) is 3.23. The van der Waals surface area contributed by atoms with Crippen LogP contribution in [-0.4, -0.2) is 136 Å². The second-order valence-electron chi connectivity index (χ2n) is 9.03. The van der Waals surface area contributed by atoms with E-state index in [-0.39, 0.29) is 18.7 Å². The minimum absolute atomic E-state index is 0.00760. The van der Waals surface area contributed by atoms with Crippen molar-refractivity contribution in [1.29, 1.82) is 0 Å². The molecule has 0 aliphatic heterocycles. The van der Waals surface area contributed by atoms with E-state index in [0.29, 0.717) is 132 Å². The second-order valence-corrected chi connectivity index (χ2v) is 9.03. The number of amides is 1. The molecule has 1 aromatic rings. The minimum Gasteiger partial charge on any atom is -0.481 e. The molecule has 1 rings (SSSR count). The molecule has 0 fully saturated rings. The fourth-order valence-electron chi connectivity index (χ4n) is 3.23. The van der Waals surface area contributed by atoms with Crippen LogP contribution >= 0.6 is 0 Å². The van der Waals surface area contributed by atoms with Crippen LogP contribution in [0.25, 0.3) is 0 Å². The van der Waals surface area contributed by atoms with Crippen LogP contribution in [0.2, 0.25) is 0 Å². The summed E-state index contributed by atoms with van der Waals surface area (Å²) >= 11 is 0. The van der Waals surface area contributed by atoms with Crippen LogP contribution in [0.3, 0.4) is 0 Å². The van der Waals surface area contributed by atoms with Crippen LogP contribution in [0.5, 0.6) is 0 Å². The van der Waals surface area contributed by atoms with Gasteiger partial charge in [0.25, 0.3) is 0 Å². The molecule has 13 nitrogen and oxygen atoms in total. The Kier molecular flexibility index (Phi) is 28.2. The predicted octanol–water partition coefficient (Wildman–Crippen LogP) is 1.71. The van der Waals surface area contributed by atoms with Crippen molar-refractivity contribution < 1.29 is 57.3 Å². The lowest BCUT2D eigenvalue weighted by Gasteiger charge is -2.09. The van der Waals surface area contributed by atoms with E-state index >= 15 is 0 Å². The Bertz CT molecular complexity index is 756. The van der Waals surface area contributed by atoms with Crippen molar-refractivity contribution >= 4 is 11.9 Å². The molecule has 0 heterocycles. The number of hydrogen-bond donors (Lipinski definition) is 2. The van der Waals surface area contributed by atoms with Crippen molar-refractivity contribution in [3.05, 3.63) is 35.9 Å². The maximum Gasteiger partial charge on any atom is 0.303 e. The van der Waals surface area contributed by atoms with E-state index < -0.39 is 5.97 Å². The van der Waals surface area contributed by atoms with E-state index in [9.17, 15) is 9.59 Å². The molecular weight excluding hydrogens is 566 g/mol. The first kappa shape index (κ1) is 38.8. The summed E-state index contributed by atoms with van der Waals surface area (Å²) in [7, 11) is 0. The van der Waals surface area contributed by atoms with Crippen molar-refractivity contribution in [2.24, 2.45) is 0 Å². The Balaban J connectivity index is 1.64. The van der Waals surface area contributed by atoms with Crippen LogP contribution in [0, 0.1) is 0 Å². The quantitative estimate of drug-likeness (QED) is 0.111. The fraction of sp³-hybridized carbons (Fsp3) is 0.733. The Morgan fingerprint density at radius 2 is 0.884 bits per heavy atom. The van der Waals surface area contributed by atoms with Crippen LogP contribution in [-0.2, 0) is 58.8 Å². The van der Waals surface area contributed by atoms with Crippen molar-refractivity contribution in [2.45, 2.75) is 25.9 Å². The molecule has 0 unspecified atom stereocenters. The Morgan fingerprint density at radius 3 is 1.28 bits per heavy atom. The SMILES string of the molecule is O=C(O)CCC(=O)NCCCOCCOCCOCCOCCOCCOCCOCCOCCOCc1ccccc1. The molecule has 0 saturated carbocycles. The number of carboxylic acid groups (broad SMARTS) is 1. The largest absolute Gasteiger partial charge is 0.481 e. The summed E-state index contributed by atoms with van der Waals surface area (Å²) in [5.74, 6) is -1.25. The standard InChI is InChI=1S/C30H51NO12/c32-29(7-8-30(33)34)31-9-4-10-35-11-12-36-13-14-37-15-16-38-17-18-39-19-20-40-21-22-41-23-24-42-25-26-43-27-28-5-2-1-3-6-28/h1-3,5-6H,4,7-27H2,(H,31,32)(H,33,34). The summed E-state index contributed by atoms with van der Waals surface area (Å²) in [6, 6.07) is 10.0. The monoisotopic (exact) mass is 617 g/mol. The van der Waals surface area contributed by atoms with Crippen molar-refractivity contribution in [3.63, 3.8) is 0 Å². The van der Waals surface area contributed by atoms with Crippen LogP contribution in [0.15, 0.2) is 30.3 Å². The molecule has 0 radical (unpaired) electrons. The topological polar surface area (TPSA) is 149 Å². The number of carboxylic acids is 1. The average Bonchev–Trinajstić information content (AvgIpc) is 3.01. The van der Waals surface area contributed by atoms with Gasteiger partial charge in [0.2, 0.25) is 5.91 Å². The highest BCUT2D eigenvalue weighted by molar-refractivity contribution is 5.80. The molecule has 0 atom stereocenters. The maximum atomic E-state index is 11.3. The highest BCUT2D eigenvalue weighted by Crippen LogP contribution is 2.00. The Hall–Kier alpha value is -2.20. The molecule has 0 aliphatic rings. The number of aliphatic carboxylic acids is 1. The van der Waals surface area contributed by atoms with Gasteiger partial charge in [0.15, 0.2) is 0 Å². The molecule has 0 aromatic heterocycles. The molecule has 43 heavy (non-hydrogen) atoms. The predicted molar refractivity (Wildman–Crippen MR) is 157 cm³/mol. The zero-order valence-corrected chi connectivity index (χ0v) is 25.4. The van der Waals surface area contributed by atoms with Crippen molar-refractivity contribution in [3.8, 4) is 0 Å². The summed E-state index contributed by atoms with van der Waals surface area (Å²) in [6.45, 7) is 9.51. The van der Waals surface area contributed by atoms with Gasteiger partial charge in [-0.25, -0.2) is 0 Å². The summed E-state index contributed by atoms with van der Waals surface area (Å²) in [6.07, 6.45) is 0.486.